The predicted molar refractivity (Wildman–Crippen MR) is 75.8 cm³/mol. The summed E-state index contributed by atoms with van der Waals surface area (Å²) >= 11 is 0. The van der Waals surface area contributed by atoms with Gasteiger partial charge in [-0.1, -0.05) is 25.1 Å². The van der Waals surface area contributed by atoms with E-state index in [4.69, 9.17) is 9.84 Å². The standard InChI is InChI=1S/C15H21NO4/c1-3-12(15(18)19)16-14(17)10-9-11-7-5-6-8-13(11)20-4-2/h5-8,12H,3-4,9-10H2,1-2H3,(H,16,17)(H,18,19)/t12-/m1/s1. The number of para-hydroxylation sites is 1. The maximum absolute atomic E-state index is 11.7. The van der Waals surface area contributed by atoms with Gasteiger partial charge in [-0.05, 0) is 31.4 Å². The molecule has 0 aliphatic heterocycles. The fourth-order valence-corrected chi connectivity index (χ4v) is 1.86. The molecule has 0 fully saturated rings. The van der Waals surface area contributed by atoms with Crippen LogP contribution in [-0.2, 0) is 16.0 Å². The number of carboxylic acids is 1. The summed E-state index contributed by atoms with van der Waals surface area (Å²) in [6, 6.07) is 6.73. The number of ether oxygens (including phenoxy) is 1. The van der Waals surface area contributed by atoms with Gasteiger partial charge < -0.3 is 15.2 Å². The van der Waals surface area contributed by atoms with Crippen LogP contribution in [0.5, 0.6) is 5.75 Å². The van der Waals surface area contributed by atoms with E-state index in [1.54, 1.807) is 6.92 Å². The highest BCUT2D eigenvalue weighted by atomic mass is 16.5. The summed E-state index contributed by atoms with van der Waals surface area (Å²) in [4.78, 5) is 22.6. The molecular weight excluding hydrogens is 258 g/mol. The summed E-state index contributed by atoms with van der Waals surface area (Å²) < 4.78 is 5.48. The van der Waals surface area contributed by atoms with Gasteiger partial charge in [-0.15, -0.1) is 0 Å². The highest BCUT2D eigenvalue weighted by Crippen LogP contribution is 2.19. The quantitative estimate of drug-likeness (QED) is 0.763. The third-order valence-corrected chi connectivity index (χ3v) is 2.94. The summed E-state index contributed by atoms with van der Waals surface area (Å²) in [6.45, 7) is 4.20. The fourth-order valence-electron chi connectivity index (χ4n) is 1.86. The van der Waals surface area contributed by atoms with Crippen molar-refractivity contribution in [3.8, 4) is 5.75 Å². The molecular formula is C15H21NO4. The molecule has 5 nitrogen and oxygen atoms in total. The van der Waals surface area contributed by atoms with Crippen molar-refractivity contribution in [3.63, 3.8) is 0 Å². The van der Waals surface area contributed by atoms with Gasteiger partial charge in [0, 0.05) is 6.42 Å². The van der Waals surface area contributed by atoms with Gasteiger partial charge in [-0.2, -0.15) is 0 Å². The first-order valence-corrected chi connectivity index (χ1v) is 6.81. The van der Waals surface area contributed by atoms with Gasteiger partial charge in [0.05, 0.1) is 6.61 Å². The zero-order valence-electron chi connectivity index (χ0n) is 11.9. The minimum atomic E-state index is -1.00. The molecule has 20 heavy (non-hydrogen) atoms. The number of aliphatic carboxylic acids is 1. The van der Waals surface area contributed by atoms with Crippen molar-refractivity contribution < 1.29 is 19.4 Å². The lowest BCUT2D eigenvalue weighted by atomic mass is 10.1. The topological polar surface area (TPSA) is 75.6 Å². The maximum atomic E-state index is 11.7. The van der Waals surface area contributed by atoms with E-state index in [2.05, 4.69) is 5.32 Å². The number of carbonyl (C=O) groups is 2. The third-order valence-electron chi connectivity index (χ3n) is 2.94. The highest BCUT2D eigenvalue weighted by Gasteiger charge is 2.17. The maximum Gasteiger partial charge on any atom is 0.326 e. The smallest absolute Gasteiger partial charge is 0.326 e. The number of aryl methyl sites for hydroxylation is 1. The molecule has 0 unspecified atom stereocenters. The van der Waals surface area contributed by atoms with Crippen LogP contribution < -0.4 is 10.1 Å². The fraction of sp³-hybridized carbons (Fsp3) is 0.467. The van der Waals surface area contributed by atoms with E-state index in [1.807, 2.05) is 31.2 Å². The van der Waals surface area contributed by atoms with Crippen molar-refractivity contribution in [2.45, 2.75) is 39.2 Å². The Labute approximate surface area is 118 Å². The lowest BCUT2D eigenvalue weighted by molar-refractivity contribution is -0.141. The van der Waals surface area contributed by atoms with Crippen LogP contribution in [0.4, 0.5) is 0 Å². The second-order valence-electron chi connectivity index (χ2n) is 4.41. The zero-order chi connectivity index (χ0) is 15.0. The Balaban J connectivity index is 2.54. The van der Waals surface area contributed by atoms with Crippen molar-refractivity contribution in [2.75, 3.05) is 6.61 Å². The van der Waals surface area contributed by atoms with Gasteiger partial charge in [0.2, 0.25) is 5.91 Å². The van der Waals surface area contributed by atoms with E-state index < -0.39 is 12.0 Å². The molecule has 1 aromatic rings. The Bertz CT molecular complexity index is 459. The Kier molecular flexibility index (Phi) is 6.56. The number of carbonyl (C=O) groups excluding carboxylic acids is 1. The van der Waals surface area contributed by atoms with Crippen LogP contribution in [0.25, 0.3) is 0 Å². The van der Waals surface area contributed by atoms with Crippen LogP contribution in [0.2, 0.25) is 0 Å². The molecule has 5 heteroatoms. The van der Waals surface area contributed by atoms with E-state index in [-0.39, 0.29) is 12.3 Å². The molecule has 0 heterocycles. The molecule has 0 aromatic heterocycles. The van der Waals surface area contributed by atoms with E-state index in [9.17, 15) is 9.59 Å². The molecule has 0 aliphatic rings. The minimum absolute atomic E-state index is 0.244. The van der Waals surface area contributed by atoms with Gasteiger partial charge in [0.1, 0.15) is 11.8 Å². The van der Waals surface area contributed by atoms with Crippen molar-refractivity contribution in [1.82, 2.24) is 5.32 Å². The van der Waals surface area contributed by atoms with Crippen molar-refractivity contribution >= 4 is 11.9 Å². The van der Waals surface area contributed by atoms with Crippen molar-refractivity contribution in [3.05, 3.63) is 29.8 Å². The van der Waals surface area contributed by atoms with E-state index in [1.165, 1.54) is 0 Å². The normalized spacial score (nSPS) is 11.7. The Morgan fingerprint density at radius 3 is 2.60 bits per heavy atom. The Morgan fingerprint density at radius 2 is 2.00 bits per heavy atom. The number of hydrogen-bond acceptors (Lipinski definition) is 3. The number of amides is 1. The van der Waals surface area contributed by atoms with Gasteiger partial charge in [-0.3, -0.25) is 4.79 Å². The second-order valence-corrected chi connectivity index (χ2v) is 4.41. The van der Waals surface area contributed by atoms with E-state index in [0.29, 0.717) is 19.4 Å². The number of rotatable bonds is 8. The number of carboxylic acid groups (broad SMARTS) is 1. The molecule has 110 valence electrons. The first-order chi connectivity index (χ1) is 9.58. The van der Waals surface area contributed by atoms with E-state index >= 15 is 0 Å². The molecule has 0 spiro atoms. The summed E-state index contributed by atoms with van der Waals surface area (Å²) in [5.41, 5.74) is 0.952. The van der Waals surface area contributed by atoms with Crippen LogP contribution >= 0.6 is 0 Å². The summed E-state index contributed by atoms with van der Waals surface area (Å²) in [5, 5.41) is 11.4. The first kappa shape index (κ1) is 16.0. The van der Waals surface area contributed by atoms with Crippen LogP contribution in [-0.4, -0.2) is 29.6 Å². The third kappa shape index (κ3) is 4.91. The average molecular weight is 279 g/mol. The lowest BCUT2D eigenvalue weighted by Gasteiger charge is -2.13. The van der Waals surface area contributed by atoms with Gasteiger partial charge in [0.25, 0.3) is 0 Å². The van der Waals surface area contributed by atoms with Crippen molar-refractivity contribution in [2.24, 2.45) is 0 Å². The lowest BCUT2D eigenvalue weighted by Crippen LogP contribution is -2.40. The Hall–Kier alpha value is -2.04. The molecule has 1 rings (SSSR count). The monoisotopic (exact) mass is 279 g/mol. The van der Waals surface area contributed by atoms with Gasteiger partial charge in [0.15, 0.2) is 0 Å². The molecule has 1 aromatic carbocycles. The van der Waals surface area contributed by atoms with Crippen LogP contribution in [0, 0.1) is 0 Å². The number of benzene rings is 1. The summed E-state index contributed by atoms with van der Waals surface area (Å²) in [7, 11) is 0. The molecule has 1 amide bonds. The molecule has 2 N–H and O–H groups in total. The van der Waals surface area contributed by atoms with Crippen molar-refractivity contribution in [1.29, 1.82) is 0 Å². The first-order valence-electron chi connectivity index (χ1n) is 6.81. The molecule has 0 saturated heterocycles. The largest absolute Gasteiger partial charge is 0.494 e. The molecule has 0 radical (unpaired) electrons. The molecule has 0 aliphatic carbocycles. The van der Waals surface area contributed by atoms with Gasteiger partial charge in [-0.25, -0.2) is 4.79 Å². The number of nitrogens with one attached hydrogen (secondary N) is 1. The van der Waals surface area contributed by atoms with Gasteiger partial charge >= 0.3 is 5.97 Å². The molecule has 0 saturated carbocycles. The van der Waals surface area contributed by atoms with Crippen LogP contribution in [0.3, 0.4) is 0 Å². The SMILES string of the molecule is CCOc1ccccc1CCC(=O)N[C@H](CC)C(=O)O. The molecule has 0 bridgehead atoms. The van der Waals surface area contributed by atoms with Crippen LogP contribution in [0.1, 0.15) is 32.3 Å². The van der Waals surface area contributed by atoms with Crippen LogP contribution in [0.15, 0.2) is 24.3 Å². The molecule has 1 atom stereocenters. The predicted octanol–water partition coefficient (Wildman–Crippen LogP) is 2.00. The minimum Gasteiger partial charge on any atom is -0.494 e. The average Bonchev–Trinajstić information content (AvgIpc) is 2.43. The Morgan fingerprint density at radius 1 is 1.30 bits per heavy atom. The number of hydrogen-bond donors (Lipinski definition) is 2. The summed E-state index contributed by atoms with van der Waals surface area (Å²) in [5.74, 6) is -0.491. The summed E-state index contributed by atoms with van der Waals surface area (Å²) in [6.07, 6.45) is 1.14. The van der Waals surface area contributed by atoms with E-state index in [0.717, 1.165) is 11.3 Å². The second kappa shape index (κ2) is 8.19. The zero-order valence-corrected chi connectivity index (χ0v) is 11.9. The highest BCUT2D eigenvalue weighted by molar-refractivity contribution is 5.83.